The molecule has 3 rings (SSSR count). The molecule has 0 saturated carbocycles. The third-order valence-corrected chi connectivity index (χ3v) is 5.49. The molecule has 1 amide bonds. The summed E-state index contributed by atoms with van der Waals surface area (Å²) in [6.07, 6.45) is 6.45. The first-order valence-corrected chi connectivity index (χ1v) is 10.7. The van der Waals surface area contributed by atoms with Crippen LogP contribution in [-0.2, 0) is 4.79 Å². The number of hydrogen-bond donors (Lipinski definition) is 2. The van der Waals surface area contributed by atoms with Gasteiger partial charge in [-0.05, 0) is 57.1 Å². The van der Waals surface area contributed by atoms with Gasteiger partial charge in [-0.3, -0.25) is 4.79 Å². The van der Waals surface area contributed by atoms with Gasteiger partial charge in [0, 0.05) is 37.8 Å². The first-order chi connectivity index (χ1) is 14.0. The van der Waals surface area contributed by atoms with E-state index >= 15 is 0 Å². The van der Waals surface area contributed by atoms with Gasteiger partial charge < -0.3 is 15.5 Å². The topological polar surface area (TPSA) is 70.2 Å². The summed E-state index contributed by atoms with van der Waals surface area (Å²) in [6.45, 7) is 9.10. The van der Waals surface area contributed by atoms with Crippen molar-refractivity contribution < 1.29 is 4.79 Å². The van der Waals surface area contributed by atoms with E-state index in [0.29, 0.717) is 12.3 Å². The van der Waals surface area contributed by atoms with Crippen molar-refractivity contribution >= 4 is 23.2 Å². The zero-order chi connectivity index (χ0) is 20.6. The van der Waals surface area contributed by atoms with E-state index in [1.807, 2.05) is 25.1 Å². The highest BCUT2D eigenvalue weighted by Gasteiger charge is 2.22. The van der Waals surface area contributed by atoms with Crippen LogP contribution in [-0.4, -0.2) is 35.5 Å². The molecule has 1 aromatic heterocycles. The molecule has 1 aliphatic rings. The zero-order valence-corrected chi connectivity index (χ0v) is 17.9. The van der Waals surface area contributed by atoms with E-state index in [1.54, 1.807) is 6.33 Å². The lowest BCUT2D eigenvalue weighted by Gasteiger charge is -2.33. The fourth-order valence-corrected chi connectivity index (χ4v) is 3.88. The number of carbonyl (C=O) groups excluding carboxylic acids is 1. The van der Waals surface area contributed by atoms with Gasteiger partial charge in [-0.15, -0.1) is 0 Å². The Morgan fingerprint density at radius 2 is 2.10 bits per heavy atom. The predicted molar refractivity (Wildman–Crippen MR) is 120 cm³/mol. The predicted octanol–water partition coefficient (Wildman–Crippen LogP) is 4.55. The van der Waals surface area contributed by atoms with Crippen molar-refractivity contribution in [2.24, 2.45) is 5.92 Å². The summed E-state index contributed by atoms with van der Waals surface area (Å²) in [4.78, 5) is 23.5. The molecule has 0 spiro atoms. The second kappa shape index (κ2) is 10.2. The minimum atomic E-state index is 0.0992. The number of nitrogens with zero attached hydrogens (tertiary/aromatic N) is 3. The molecule has 2 heterocycles. The average molecular weight is 396 g/mol. The highest BCUT2D eigenvalue weighted by atomic mass is 16.1. The second-order valence-electron chi connectivity index (χ2n) is 8.05. The Kier molecular flexibility index (Phi) is 7.44. The molecular weight excluding hydrogens is 362 g/mol. The maximum Gasteiger partial charge on any atom is 0.224 e. The number of aromatic nitrogens is 2. The van der Waals surface area contributed by atoms with E-state index < -0.39 is 0 Å². The fourth-order valence-electron chi connectivity index (χ4n) is 3.88. The number of benzene rings is 1. The number of anilines is 3. The Bertz CT molecular complexity index is 823. The van der Waals surface area contributed by atoms with Gasteiger partial charge in [-0.1, -0.05) is 24.6 Å². The minimum Gasteiger partial charge on any atom is -0.370 e. The van der Waals surface area contributed by atoms with Crippen LogP contribution in [0.3, 0.4) is 0 Å². The van der Waals surface area contributed by atoms with E-state index in [1.165, 1.54) is 12.0 Å². The summed E-state index contributed by atoms with van der Waals surface area (Å²) in [5.41, 5.74) is 3.23. The summed E-state index contributed by atoms with van der Waals surface area (Å²) in [6, 6.07) is 8.15. The lowest BCUT2D eigenvalue weighted by molar-refractivity contribution is -0.116. The molecule has 2 aromatic rings. The first kappa shape index (κ1) is 21.1. The normalized spacial score (nSPS) is 16.5. The van der Waals surface area contributed by atoms with Gasteiger partial charge in [0.05, 0.1) is 0 Å². The molecule has 6 nitrogen and oxygen atoms in total. The molecule has 1 atom stereocenters. The first-order valence-electron chi connectivity index (χ1n) is 10.7. The average Bonchev–Trinajstić information content (AvgIpc) is 2.73. The number of piperidine rings is 1. The molecule has 1 saturated heterocycles. The van der Waals surface area contributed by atoms with Crippen molar-refractivity contribution in [3.63, 3.8) is 0 Å². The Balaban J connectivity index is 1.51. The zero-order valence-electron chi connectivity index (χ0n) is 17.9. The van der Waals surface area contributed by atoms with E-state index in [2.05, 4.69) is 45.4 Å². The van der Waals surface area contributed by atoms with Crippen LogP contribution in [0.15, 0.2) is 30.6 Å². The van der Waals surface area contributed by atoms with Crippen LogP contribution in [0.25, 0.3) is 0 Å². The Morgan fingerprint density at radius 1 is 1.24 bits per heavy atom. The number of nitrogens with one attached hydrogen (secondary N) is 2. The summed E-state index contributed by atoms with van der Waals surface area (Å²) < 4.78 is 0. The number of rotatable bonds is 8. The molecule has 2 N–H and O–H groups in total. The van der Waals surface area contributed by atoms with E-state index in [0.717, 1.165) is 61.8 Å². The van der Waals surface area contributed by atoms with Gasteiger partial charge in [0.2, 0.25) is 5.91 Å². The Morgan fingerprint density at radius 3 is 2.90 bits per heavy atom. The SMILES string of the molecule is CCCNc1cc(N2CCCC(CCC(=O)Nc3ccc(C)cc3C)C2)ncn1. The van der Waals surface area contributed by atoms with E-state index in [4.69, 9.17) is 0 Å². The minimum absolute atomic E-state index is 0.0992. The Hall–Kier alpha value is -2.63. The van der Waals surface area contributed by atoms with Gasteiger partial charge >= 0.3 is 0 Å². The lowest BCUT2D eigenvalue weighted by atomic mass is 9.93. The molecule has 1 aliphatic heterocycles. The van der Waals surface area contributed by atoms with Crippen molar-refractivity contribution in [2.45, 2.75) is 52.9 Å². The van der Waals surface area contributed by atoms with Crippen molar-refractivity contribution in [1.82, 2.24) is 9.97 Å². The quantitative estimate of drug-likeness (QED) is 0.686. The number of aryl methyl sites for hydroxylation is 2. The molecule has 1 aromatic carbocycles. The summed E-state index contributed by atoms with van der Waals surface area (Å²) >= 11 is 0. The van der Waals surface area contributed by atoms with Crippen LogP contribution >= 0.6 is 0 Å². The molecule has 0 radical (unpaired) electrons. The van der Waals surface area contributed by atoms with Crippen LogP contribution in [0.5, 0.6) is 0 Å². The van der Waals surface area contributed by atoms with Crippen LogP contribution in [0, 0.1) is 19.8 Å². The molecule has 1 fully saturated rings. The molecular formula is C23H33N5O. The molecule has 0 aliphatic carbocycles. The maximum atomic E-state index is 12.4. The van der Waals surface area contributed by atoms with Gasteiger partial charge in [0.15, 0.2) is 0 Å². The third-order valence-electron chi connectivity index (χ3n) is 5.49. The monoisotopic (exact) mass is 395 g/mol. The summed E-state index contributed by atoms with van der Waals surface area (Å²) in [5, 5.41) is 6.39. The number of amides is 1. The van der Waals surface area contributed by atoms with Crippen molar-refractivity contribution in [1.29, 1.82) is 0 Å². The summed E-state index contributed by atoms with van der Waals surface area (Å²) in [5.74, 6) is 2.47. The van der Waals surface area contributed by atoms with Crippen LogP contribution in [0.4, 0.5) is 17.3 Å². The fraction of sp³-hybridized carbons (Fsp3) is 0.522. The van der Waals surface area contributed by atoms with Crippen molar-refractivity contribution in [2.75, 3.05) is 35.2 Å². The van der Waals surface area contributed by atoms with Crippen molar-refractivity contribution in [3.8, 4) is 0 Å². The molecule has 1 unspecified atom stereocenters. The van der Waals surface area contributed by atoms with Crippen LogP contribution in [0.1, 0.15) is 50.2 Å². The van der Waals surface area contributed by atoms with Gasteiger partial charge in [-0.2, -0.15) is 0 Å². The van der Waals surface area contributed by atoms with Gasteiger partial charge in [0.1, 0.15) is 18.0 Å². The van der Waals surface area contributed by atoms with E-state index in [9.17, 15) is 4.79 Å². The smallest absolute Gasteiger partial charge is 0.224 e. The molecule has 6 heteroatoms. The molecule has 29 heavy (non-hydrogen) atoms. The largest absolute Gasteiger partial charge is 0.370 e. The lowest BCUT2D eigenvalue weighted by Crippen LogP contribution is -2.36. The second-order valence-corrected chi connectivity index (χ2v) is 8.05. The third kappa shape index (κ3) is 6.17. The molecule has 156 valence electrons. The van der Waals surface area contributed by atoms with Crippen LogP contribution in [0.2, 0.25) is 0 Å². The number of hydrogen-bond acceptors (Lipinski definition) is 5. The molecule has 0 bridgehead atoms. The standard InChI is InChI=1S/C23H33N5O/c1-4-11-24-21-14-22(26-16-25-21)28-12-5-6-19(15-28)8-10-23(29)27-20-9-7-17(2)13-18(20)3/h7,9,13-14,16,19H,4-6,8,10-12,15H2,1-3H3,(H,27,29)(H,24,25,26). The Labute approximate surface area is 174 Å². The maximum absolute atomic E-state index is 12.4. The van der Waals surface area contributed by atoms with Crippen LogP contribution < -0.4 is 15.5 Å². The van der Waals surface area contributed by atoms with Gasteiger partial charge in [-0.25, -0.2) is 9.97 Å². The highest BCUT2D eigenvalue weighted by Crippen LogP contribution is 2.26. The number of carbonyl (C=O) groups is 1. The van der Waals surface area contributed by atoms with Crippen molar-refractivity contribution in [3.05, 3.63) is 41.7 Å². The summed E-state index contributed by atoms with van der Waals surface area (Å²) in [7, 11) is 0. The van der Waals surface area contributed by atoms with Gasteiger partial charge in [0.25, 0.3) is 0 Å². The highest BCUT2D eigenvalue weighted by molar-refractivity contribution is 5.91. The van der Waals surface area contributed by atoms with E-state index in [-0.39, 0.29) is 5.91 Å².